The van der Waals surface area contributed by atoms with Crippen LogP contribution in [0.1, 0.15) is 23.6 Å². The number of rotatable bonds is 2. The smallest absolute Gasteiger partial charge is 0.168 e. The van der Waals surface area contributed by atoms with E-state index in [-0.39, 0.29) is 18.2 Å². The summed E-state index contributed by atoms with van der Waals surface area (Å²) < 4.78 is 0. The van der Waals surface area contributed by atoms with Crippen LogP contribution < -0.4 is 11.1 Å². The Hall–Kier alpha value is -1.86. The lowest BCUT2D eigenvalue weighted by atomic mass is 9.91. The van der Waals surface area contributed by atoms with Crippen LogP contribution in [0.2, 0.25) is 0 Å². The van der Waals surface area contributed by atoms with E-state index < -0.39 is 0 Å². The largest absolute Gasteiger partial charge is 0.399 e. The summed E-state index contributed by atoms with van der Waals surface area (Å²) in [5.74, 6) is -0.0757. The molecular weight excluding hydrogens is 202 g/mol. The van der Waals surface area contributed by atoms with Gasteiger partial charge in [-0.25, -0.2) is 0 Å². The number of nitrogens with zero attached hydrogens (tertiary/aromatic N) is 1. The number of nitrogen functional groups attached to an aromatic ring is 1. The Kier molecular flexibility index (Phi) is 2.88. The number of hydrogen-bond acceptors (Lipinski definition) is 4. The molecule has 1 aromatic carbocycles. The number of fused-ring (bicyclic) bond motifs is 1. The highest BCUT2D eigenvalue weighted by Gasteiger charge is 2.25. The molecule has 0 fully saturated rings. The number of Topliss-reactive ketones (excluding diaryl/α,β-unsaturated/α-hetero) is 1. The quantitative estimate of drug-likeness (QED) is 0.719. The fourth-order valence-corrected chi connectivity index (χ4v) is 2.05. The molecule has 0 spiro atoms. The summed E-state index contributed by atoms with van der Waals surface area (Å²) in [5.41, 5.74) is 8.48. The van der Waals surface area contributed by atoms with Crippen LogP contribution in [0.3, 0.4) is 0 Å². The average Bonchev–Trinajstić information content (AvgIpc) is 2.28. The molecule has 0 amide bonds. The molecule has 1 atom stereocenters. The van der Waals surface area contributed by atoms with E-state index in [1.54, 1.807) is 6.07 Å². The molecule has 0 aliphatic carbocycles. The van der Waals surface area contributed by atoms with Gasteiger partial charge in [0.2, 0.25) is 0 Å². The minimum Gasteiger partial charge on any atom is -0.399 e. The van der Waals surface area contributed by atoms with E-state index in [0.717, 1.165) is 24.1 Å². The number of carbonyl (C=O) groups is 1. The molecule has 0 bridgehead atoms. The molecule has 1 unspecified atom stereocenters. The maximum absolute atomic E-state index is 11.7. The predicted molar refractivity (Wildman–Crippen MR) is 60.5 cm³/mol. The van der Waals surface area contributed by atoms with E-state index in [1.165, 1.54) is 0 Å². The van der Waals surface area contributed by atoms with Gasteiger partial charge < -0.3 is 11.1 Å². The van der Waals surface area contributed by atoms with Gasteiger partial charge in [0.15, 0.2) is 5.78 Å². The second-order valence-electron chi connectivity index (χ2n) is 3.90. The van der Waals surface area contributed by atoms with Crippen LogP contribution in [-0.4, -0.2) is 12.3 Å². The lowest BCUT2D eigenvalue weighted by Gasteiger charge is -2.25. The second kappa shape index (κ2) is 4.33. The van der Waals surface area contributed by atoms with Gasteiger partial charge in [-0.15, -0.1) is 0 Å². The fraction of sp³-hybridized carbons (Fsp3) is 0.333. The Bertz CT molecular complexity index is 462. The lowest BCUT2D eigenvalue weighted by molar-refractivity contribution is -0.120. The number of anilines is 1. The Balaban J connectivity index is 2.34. The fourth-order valence-electron chi connectivity index (χ4n) is 2.05. The Morgan fingerprint density at radius 2 is 2.44 bits per heavy atom. The standard InChI is InChI=1S/C12H13N3O/c13-5-3-11(16)12-10-2-1-9(14)7-8(10)4-6-15-12/h1-2,7,12,15H,3-4,6,14H2. The van der Waals surface area contributed by atoms with Crippen molar-refractivity contribution in [2.45, 2.75) is 18.9 Å². The van der Waals surface area contributed by atoms with Crippen molar-refractivity contribution in [1.82, 2.24) is 5.32 Å². The van der Waals surface area contributed by atoms with E-state index in [0.29, 0.717) is 5.69 Å². The first-order chi connectivity index (χ1) is 7.72. The van der Waals surface area contributed by atoms with Gasteiger partial charge in [-0.1, -0.05) is 6.07 Å². The predicted octanol–water partition coefficient (Wildman–Crippen LogP) is 0.938. The summed E-state index contributed by atoms with van der Waals surface area (Å²) in [5, 5.41) is 11.7. The van der Waals surface area contributed by atoms with Crippen molar-refractivity contribution in [2.75, 3.05) is 12.3 Å². The summed E-state index contributed by atoms with van der Waals surface area (Å²) in [6, 6.07) is 7.12. The van der Waals surface area contributed by atoms with Crippen LogP contribution in [0.15, 0.2) is 18.2 Å². The van der Waals surface area contributed by atoms with Gasteiger partial charge >= 0.3 is 0 Å². The van der Waals surface area contributed by atoms with Gasteiger partial charge in [0.1, 0.15) is 0 Å². The van der Waals surface area contributed by atoms with Crippen molar-refractivity contribution in [3.05, 3.63) is 29.3 Å². The normalized spacial score (nSPS) is 18.6. The van der Waals surface area contributed by atoms with Crippen LogP contribution in [0.25, 0.3) is 0 Å². The molecule has 1 heterocycles. The van der Waals surface area contributed by atoms with E-state index in [2.05, 4.69) is 5.32 Å². The molecule has 0 saturated heterocycles. The molecule has 2 rings (SSSR count). The van der Waals surface area contributed by atoms with Crippen molar-refractivity contribution >= 4 is 11.5 Å². The van der Waals surface area contributed by atoms with Crippen molar-refractivity contribution < 1.29 is 4.79 Å². The molecule has 1 aromatic rings. The first kappa shape index (κ1) is 10.7. The van der Waals surface area contributed by atoms with Crippen LogP contribution in [0.5, 0.6) is 0 Å². The molecule has 0 saturated carbocycles. The third kappa shape index (κ3) is 1.90. The molecule has 0 aromatic heterocycles. The van der Waals surface area contributed by atoms with E-state index >= 15 is 0 Å². The minimum absolute atomic E-state index is 0.0541. The number of benzene rings is 1. The Morgan fingerprint density at radius 1 is 1.62 bits per heavy atom. The number of nitrogens with two attached hydrogens (primary N) is 1. The topological polar surface area (TPSA) is 78.9 Å². The Labute approximate surface area is 94.1 Å². The zero-order valence-electron chi connectivity index (χ0n) is 8.86. The number of nitriles is 1. The van der Waals surface area contributed by atoms with Crippen LogP contribution in [0.4, 0.5) is 5.69 Å². The molecule has 16 heavy (non-hydrogen) atoms. The summed E-state index contributed by atoms with van der Waals surface area (Å²) >= 11 is 0. The molecule has 4 nitrogen and oxygen atoms in total. The van der Waals surface area contributed by atoms with Crippen LogP contribution in [0, 0.1) is 11.3 Å². The van der Waals surface area contributed by atoms with Gasteiger partial charge in [0.05, 0.1) is 18.5 Å². The van der Waals surface area contributed by atoms with Gasteiger partial charge in [-0.3, -0.25) is 4.79 Å². The molecule has 82 valence electrons. The van der Waals surface area contributed by atoms with E-state index in [4.69, 9.17) is 11.0 Å². The van der Waals surface area contributed by atoms with Gasteiger partial charge in [-0.2, -0.15) is 5.26 Å². The third-order valence-electron chi connectivity index (χ3n) is 2.80. The minimum atomic E-state index is -0.344. The first-order valence-electron chi connectivity index (χ1n) is 5.23. The Morgan fingerprint density at radius 3 is 3.19 bits per heavy atom. The highest BCUT2D eigenvalue weighted by molar-refractivity contribution is 5.87. The summed E-state index contributed by atoms with van der Waals surface area (Å²) in [4.78, 5) is 11.7. The molecule has 0 radical (unpaired) electrons. The van der Waals surface area contributed by atoms with Crippen molar-refractivity contribution in [3.8, 4) is 6.07 Å². The van der Waals surface area contributed by atoms with Gasteiger partial charge in [0.25, 0.3) is 0 Å². The van der Waals surface area contributed by atoms with Gasteiger partial charge in [0, 0.05) is 12.2 Å². The zero-order chi connectivity index (χ0) is 11.5. The summed E-state index contributed by atoms with van der Waals surface area (Å²) in [7, 11) is 0. The number of nitrogens with one attached hydrogen (secondary N) is 1. The monoisotopic (exact) mass is 215 g/mol. The van der Waals surface area contributed by atoms with Crippen LogP contribution >= 0.6 is 0 Å². The molecule has 1 aliphatic heterocycles. The maximum Gasteiger partial charge on any atom is 0.168 e. The first-order valence-corrected chi connectivity index (χ1v) is 5.23. The van der Waals surface area contributed by atoms with E-state index in [1.807, 2.05) is 18.2 Å². The number of carbonyl (C=O) groups excluding carboxylic acids is 1. The lowest BCUT2D eigenvalue weighted by Crippen LogP contribution is -2.35. The third-order valence-corrected chi connectivity index (χ3v) is 2.80. The number of ketones is 1. The maximum atomic E-state index is 11.7. The SMILES string of the molecule is N#CCC(=O)C1NCCc2cc(N)ccc21. The van der Waals surface area contributed by atoms with E-state index in [9.17, 15) is 4.79 Å². The highest BCUT2D eigenvalue weighted by atomic mass is 16.1. The second-order valence-corrected chi connectivity index (χ2v) is 3.90. The molecule has 1 aliphatic rings. The van der Waals surface area contributed by atoms with Crippen molar-refractivity contribution in [3.63, 3.8) is 0 Å². The molecule has 3 N–H and O–H groups in total. The summed E-state index contributed by atoms with van der Waals surface area (Å²) in [6.45, 7) is 0.748. The van der Waals surface area contributed by atoms with Crippen molar-refractivity contribution in [1.29, 1.82) is 5.26 Å². The van der Waals surface area contributed by atoms with Crippen LogP contribution in [-0.2, 0) is 11.2 Å². The highest BCUT2D eigenvalue weighted by Crippen LogP contribution is 2.26. The number of hydrogen-bond donors (Lipinski definition) is 2. The molecular formula is C12H13N3O. The summed E-state index contributed by atoms with van der Waals surface area (Å²) in [6.07, 6.45) is 0.818. The molecule has 4 heteroatoms. The zero-order valence-corrected chi connectivity index (χ0v) is 8.86. The average molecular weight is 215 g/mol. The van der Waals surface area contributed by atoms with Gasteiger partial charge in [-0.05, 0) is 29.7 Å². The van der Waals surface area contributed by atoms with Crippen molar-refractivity contribution in [2.24, 2.45) is 0 Å².